The van der Waals surface area contributed by atoms with Gasteiger partial charge in [-0.2, -0.15) is 4.72 Å². The van der Waals surface area contributed by atoms with Crippen LogP contribution >= 0.6 is 22.9 Å². The molecular weight excluding hydrogens is 446 g/mol. The summed E-state index contributed by atoms with van der Waals surface area (Å²) in [4.78, 5) is 12.8. The molecule has 6 nitrogen and oxygen atoms in total. The van der Waals surface area contributed by atoms with Crippen molar-refractivity contribution >= 4 is 38.9 Å². The Balaban J connectivity index is 1.62. The molecule has 2 aromatic carbocycles. The minimum atomic E-state index is -4.04. The maximum absolute atomic E-state index is 13.0. The molecule has 3 aromatic rings. The van der Waals surface area contributed by atoms with E-state index in [9.17, 15) is 18.3 Å². The fraction of sp³-hybridized carbons (Fsp3) is 0.190. The number of carboxylic acid groups (broad SMARTS) is 1. The number of sulfonamides is 1. The highest BCUT2D eigenvalue weighted by Gasteiger charge is 2.64. The molecule has 1 saturated carbocycles. The van der Waals surface area contributed by atoms with Crippen molar-refractivity contribution in [3.63, 3.8) is 0 Å². The number of methoxy groups -OCH3 is 1. The number of halogens is 1. The Morgan fingerprint density at radius 3 is 2.53 bits per heavy atom. The summed E-state index contributed by atoms with van der Waals surface area (Å²) in [5, 5.41) is 10.4. The van der Waals surface area contributed by atoms with Crippen molar-refractivity contribution < 1.29 is 23.1 Å². The molecule has 1 fully saturated rings. The quantitative estimate of drug-likeness (QED) is 0.542. The van der Waals surface area contributed by atoms with Crippen LogP contribution in [0.5, 0.6) is 5.75 Å². The molecule has 0 amide bonds. The Morgan fingerprint density at radius 2 is 1.87 bits per heavy atom. The van der Waals surface area contributed by atoms with Gasteiger partial charge in [0.2, 0.25) is 0 Å². The van der Waals surface area contributed by atoms with Gasteiger partial charge in [0, 0.05) is 15.8 Å². The molecule has 2 N–H and O–H groups in total. The van der Waals surface area contributed by atoms with Crippen LogP contribution in [-0.4, -0.2) is 32.1 Å². The van der Waals surface area contributed by atoms with E-state index in [4.69, 9.17) is 16.3 Å². The minimum absolute atomic E-state index is 0.0544. The van der Waals surface area contributed by atoms with Crippen LogP contribution in [0.15, 0.2) is 64.9 Å². The number of ether oxygens (including phenoxy) is 1. The van der Waals surface area contributed by atoms with Crippen molar-refractivity contribution in [1.29, 1.82) is 0 Å². The van der Waals surface area contributed by atoms with E-state index in [2.05, 4.69) is 4.72 Å². The van der Waals surface area contributed by atoms with Crippen LogP contribution < -0.4 is 9.46 Å². The molecule has 0 saturated heterocycles. The maximum atomic E-state index is 13.0. The second-order valence-corrected chi connectivity index (χ2v) is 10.4. The topological polar surface area (TPSA) is 92.7 Å². The van der Waals surface area contributed by atoms with Gasteiger partial charge in [0.15, 0.2) is 0 Å². The summed E-state index contributed by atoms with van der Waals surface area (Å²) in [7, 11) is -2.54. The Morgan fingerprint density at radius 1 is 1.17 bits per heavy atom. The van der Waals surface area contributed by atoms with Crippen LogP contribution in [0.2, 0.25) is 5.02 Å². The Hall–Kier alpha value is -2.39. The summed E-state index contributed by atoms with van der Waals surface area (Å²) in [5.74, 6) is -1.20. The first-order chi connectivity index (χ1) is 14.3. The normalized spacial score (nSPS) is 20.7. The Labute approximate surface area is 183 Å². The lowest BCUT2D eigenvalue weighted by atomic mass is 10.1. The third-order valence-corrected chi connectivity index (χ3v) is 8.54. The number of rotatable bonds is 7. The Kier molecular flexibility index (Phi) is 5.36. The van der Waals surface area contributed by atoms with Crippen LogP contribution in [0.4, 0.5) is 0 Å². The number of hydrogen-bond acceptors (Lipinski definition) is 5. The van der Waals surface area contributed by atoms with E-state index < -0.39 is 27.4 Å². The number of hydrogen-bond donors (Lipinski definition) is 2. The number of nitrogens with one attached hydrogen (secondary N) is 1. The molecule has 156 valence electrons. The van der Waals surface area contributed by atoms with Gasteiger partial charge in [-0.25, -0.2) is 8.42 Å². The van der Waals surface area contributed by atoms with E-state index in [0.29, 0.717) is 16.3 Å². The largest absolute Gasteiger partial charge is 0.496 e. The van der Waals surface area contributed by atoms with Gasteiger partial charge in [0.25, 0.3) is 10.0 Å². The molecule has 2 atom stereocenters. The lowest BCUT2D eigenvalue weighted by Crippen LogP contribution is -2.44. The lowest BCUT2D eigenvalue weighted by Gasteiger charge is -2.16. The molecule has 1 aliphatic carbocycles. The van der Waals surface area contributed by atoms with Crippen LogP contribution in [0.25, 0.3) is 10.4 Å². The smallest absolute Gasteiger partial charge is 0.325 e. The molecule has 2 unspecified atom stereocenters. The van der Waals surface area contributed by atoms with E-state index in [-0.39, 0.29) is 10.6 Å². The average molecular weight is 464 g/mol. The zero-order valence-corrected chi connectivity index (χ0v) is 18.2. The fourth-order valence-corrected chi connectivity index (χ4v) is 6.35. The van der Waals surface area contributed by atoms with Crippen molar-refractivity contribution in [1.82, 2.24) is 4.72 Å². The Bertz CT molecular complexity index is 1210. The van der Waals surface area contributed by atoms with Gasteiger partial charge >= 0.3 is 5.97 Å². The van der Waals surface area contributed by atoms with Crippen LogP contribution in [0.1, 0.15) is 17.9 Å². The minimum Gasteiger partial charge on any atom is -0.496 e. The van der Waals surface area contributed by atoms with E-state index in [0.717, 1.165) is 21.8 Å². The first-order valence-corrected chi connectivity index (χ1v) is 11.7. The van der Waals surface area contributed by atoms with Gasteiger partial charge in [-0.1, -0.05) is 41.9 Å². The maximum Gasteiger partial charge on any atom is 0.325 e. The van der Waals surface area contributed by atoms with E-state index >= 15 is 0 Å². The average Bonchev–Trinajstić information content (AvgIpc) is 3.20. The predicted octanol–water partition coefficient (Wildman–Crippen LogP) is 4.37. The number of thiophene rings is 1. The highest BCUT2D eigenvalue weighted by atomic mass is 35.5. The molecule has 0 radical (unpaired) electrons. The second kappa shape index (κ2) is 7.70. The number of carbonyl (C=O) groups is 1. The van der Waals surface area contributed by atoms with Gasteiger partial charge in [-0.05, 0) is 47.9 Å². The molecule has 0 aliphatic heterocycles. The zero-order valence-electron chi connectivity index (χ0n) is 15.8. The van der Waals surface area contributed by atoms with Gasteiger partial charge in [0.05, 0.1) is 7.11 Å². The molecule has 0 bridgehead atoms. The van der Waals surface area contributed by atoms with Crippen LogP contribution in [-0.2, 0) is 14.8 Å². The van der Waals surface area contributed by atoms with Gasteiger partial charge < -0.3 is 9.84 Å². The SMILES string of the molecule is COc1ccccc1C1CC1(NS(=O)(=O)c1ccc(-c2ccc(Cl)cc2)s1)C(=O)O. The first-order valence-electron chi connectivity index (χ1n) is 9.03. The summed E-state index contributed by atoms with van der Waals surface area (Å²) in [5.41, 5.74) is -0.104. The molecule has 0 spiro atoms. The predicted molar refractivity (Wildman–Crippen MR) is 116 cm³/mol. The van der Waals surface area contributed by atoms with Gasteiger partial charge in [-0.3, -0.25) is 4.79 Å². The van der Waals surface area contributed by atoms with E-state index in [1.807, 2.05) is 0 Å². The third-order valence-electron chi connectivity index (χ3n) is 5.15. The van der Waals surface area contributed by atoms with Crippen molar-refractivity contribution in [3.8, 4) is 16.2 Å². The van der Waals surface area contributed by atoms with Gasteiger partial charge in [0.1, 0.15) is 15.5 Å². The summed E-state index contributed by atoms with van der Waals surface area (Å²) in [6, 6.07) is 17.3. The van der Waals surface area contributed by atoms with Crippen LogP contribution in [0, 0.1) is 0 Å². The summed E-state index contributed by atoms with van der Waals surface area (Å²) in [6.07, 6.45) is 0.150. The van der Waals surface area contributed by atoms with Crippen molar-refractivity contribution in [3.05, 3.63) is 71.2 Å². The molecule has 1 aromatic heterocycles. The number of carboxylic acids is 1. The standard InChI is InChI=1S/C21H18ClNO5S2/c1-28-17-5-3-2-4-15(17)16-12-21(16,20(24)25)23-30(26,27)19-11-10-18(29-19)13-6-8-14(22)9-7-13/h2-11,16,23H,12H2,1H3,(H,24,25). The number of benzene rings is 2. The fourth-order valence-electron chi connectivity index (χ4n) is 3.51. The van der Waals surface area contributed by atoms with Gasteiger partial charge in [-0.15, -0.1) is 11.3 Å². The highest BCUT2D eigenvalue weighted by molar-refractivity contribution is 7.91. The molecule has 1 aliphatic rings. The second-order valence-electron chi connectivity index (χ2n) is 7.01. The van der Waals surface area contributed by atoms with E-state index in [1.165, 1.54) is 13.2 Å². The lowest BCUT2D eigenvalue weighted by molar-refractivity contribution is -0.140. The van der Waals surface area contributed by atoms with Crippen molar-refractivity contribution in [2.24, 2.45) is 0 Å². The van der Waals surface area contributed by atoms with Crippen LogP contribution in [0.3, 0.4) is 0 Å². The molecule has 30 heavy (non-hydrogen) atoms. The molecule has 1 heterocycles. The summed E-state index contributed by atoms with van der Waals surface area (Å²) >= 11 is 6.98. The first kappa shape index (κ1) is 20.9. The summed E-state index contributed by atoms with van der Waals surface area (Å²) in [6.45, 7) is 0. The molecular formula is C21H18ClNO5S2. The zero-order chi connectivity index (χ0) is 21.5. The third kappa shape index (κ3) is 3.72. The van der Waals surface area contributed by atoms with Crippen molar-refractivity contribution in [2.75, 3.05) is 7.11 Å². The number of aliphatic carboxylic acids is 1. The van der Waals surface area contributed by atoms with E-state index in [1.54, 1.807) is 54.6 Å². The van der Waals surface area contributed by atoms with Crippen molar-refractivity contribution in [2.45, 2.75) is 22.1 Å². The number of para-hydroxylation sites is 1. The monoisotopic (exact) mass is 463 g/mol. The summed E-state index contributed by atoms with van der Waals surface area (Å²) < 4.78 is 33.8. The highest BCUT2D eigenvalue weighted by Crippen LogP contribution is 2.54. The molecule has 4 rings (SSSR count). The molecule has 9 heteroatoms.